The van der Waals surface area contributed by atoms with E-state index in [0.29, 0.717) is 29.4 Å². The molecule has 1 aliphatic rings. The number of methoxy groups -OCH3 is 2. The summed E-state index contributed by atoms with van der Waals surface area (Å²) in [6.07, 6.45) is 0. The number of ether oxygens (including phenoxy) is 3. The highest BCUT2D eigenvalue weighted by atomic mass is 19.2. The standard InChI is InChI=1S/C27H23F2NO6/c1-4-36-18-9-5-15(6-10-18)24-23(25(31)16-7-12-21(34-2)22(13-16)35-3)26(32)27(33)30(24)17-8-11-19(28)20(29)14-17/h5-14,24,31H,4H2,1-3H3/b25-23+. The molecule has 9 heteroatoms. The molecule has 1 heterocycles. The summed E-state index contributed by atoms with van der Waals surface area (Å²) in [6, 6.07) is 12.9. The van der Waals surface area contributed by atoms with Gasteiger partial charge in [0.15, 0.2) is 23.1 Å². The van der Waals surface area contributed by atoms with Crippen molar-refractivity contribution in [1.82, 2.24) is 0 Å². The van der Waals surface area contributed by atoms with Crippen LogP contribution in [0.4, 0.5) is 14.5 Å². The van der Waals surface area contributed by atoms with Gasteiger partial charge in [0.2, 0.25) is 0 Å². The molecule has 4 rings (SSSR count). The van der Waals surface area contributed by atoms with Gasteiger partial charge in [-0.05, 0) is 55.0 Å². The largest absolute Gasteiger partial charge is 0.507 e. The number of ketones is 1. The molecule has 1 fully saturated rings. The number of hydrogen-bond donors (Lipinski definition) is 1. The van der Waals surface area contributed by atoms with E-state index in [4.69, 9.17) is 14.2 Å². The summed E-state index contributed by atoms with van der Waals surface area (Å²) in [5.74, 6) is -3.46. The van der Waals surface area contributed by atoms with Gasteiger partial charge in [-0.25, -0.2) is 8.78 Å². The fourth-order valence-corrected chi connectivity index (χ4v) is 4.10. The number of hydrogen-bond acceptors (Lipinski definition) is 6. The van der Waals surface area contributed by atoms with Crippen LogP contribution in [0.15, 0.2) is 66.2 Å². The molecule has 0 saturated carbocycles. The predicted molar refractivity (Wildman–Crippen MR) is 128 cm³/mol. The molecule has 186 valence electrons. The van der Waals surface area contributed by atoms with E-state index in [1.165, 1.54) is 32.4 Å². The molecule has 3 aromatic rings. The van der Waals surface area contributed by atoms with Crippen molar-refractivity contribution in [3.05, 3.63) is 89.0 Å². The Morgan fingerprint density at radius 1 is 0.917 bits per heavy atom. The Labute approximate surface area is 206 Å². The van der Waals surface area contributed by atoms with Crippen LogP contribution in [0.3, 0.4) is 0 Å². The first kappa shape index (κ1) is 24.7. The molecule has 1 saturated heterocycles. The van der Waals surface area contributed by atoms with E-state index < -0.39 is 35.1 Å². The number of carbonyl (C=O) groups is 2. The molecule has 1 amide bonds. The van der Waals surface area contributed by atoms with E-state index in [2.05, 4.69) is 0 Å². The number of benzene rings is 3. The van der Waals surface area contributed by atoms with Gasteiger partial charge in [0.1, 0.15) is 11.5 Å². The van der Waals surface area contributed by atoms with Crippen molar-refractivity contribution < 1.29 is 37.7 Å². The van der Waals surface area contributed by atoms with E-state index in [1.54, 1.807) is 30.3 Å². The highest BCUT2D eigenvalue weighted by molar-refractivity contribution is 6.51. The number of halogens is 2. The summed E-state index contributed by atoms with van der Waals surface area (Å²) in [5.41, 5.74) is 0.388. The molecule has 0 bridgehead atoms. The third-order valence-corrected chi connectivity index (χ3v) is 5.79. The first-order chi connectivity index (χ1) is 17.3. The molecule has 1 unspecified atom stereocenters. The fraction of sp³-hybridized carbons (Fsp3) is 0.185. The van der Waals surface area contributed by atoms with E-state index in [1.807, 2.05) is 6.92 Å². The van der Waals surface area contributed by atoms with Crippen molar-refractivity contribution in [2.75, 3.05) is 25.7 Å². The second-order valence-electron chi connectivity index (χ2n) is 7.84. The van der Waals surface area contributed by atoms with E-state index in [0.717, 1.165) is 17.0 Å². The summed E-state index contributed by atoms with van der Waals surface area (Å²) >= 11 is 0. The first-order valence-electron chi connectivity index (χ1n) is 11.0. The Morgan fingerprint density at radius 2 is 1.61 bits per heavy atom. The highest BCUT2D eigenvalue weighted by Gasteiger charge is 2.47. The molecule has 1 N–H and O–H groups in total. The Hall–Kier alpha value is -4.40. The van der Waals surface area contributed by atoms with Gasteiger partial charge < -0.3 is 19.3 Å². The molecular formula is C27H23F2NO6. The van der Waals surface area contributed by atoms with Gasteiger partial charge in [-0.2, -0.15) is 0 Å². The van der Waals surface area contributed by atoms with Gasteiger partial charge in [0.25, 0.3) is 11.7 Å². The summed E-state index contributed by atoms with van der Waals surface area (Å²) in [4.78, 5) is 27.4. The Balaban J connectivity index is 1.92. The third kappa shape index (κ3) is 4.35. The van der Waals surface area contributed by atoms with Gasteiger partial charge >= 0.3 is 0 Å². The second-order valence-corrected chi connectivity index (χ2v) is 7.84. The minimum atomic E-state index is -1.18. The number of Topliss-reactive ketones (excluding diaryl/α,β-unsaturated/α-hetero) is 1. The SMILES string of the molecule is CCOc1ccc(C2/C(=C(\O)c3ccc(OC)c(OC)c3)C(=O)C(=O)N2c2ccc(F)c(F)c2)cc1. The fourth-order valence-electron chi connectivity index (χ4n) is 4.10. The zero-order valence-electron chi connectivity index (χ0n) is 19.7. The van der Waals surface area contributed by atoms with Crippen LogP contribution in [0, 0.1) is 11.6 Å². The van der Waals surface area contributed by atoms with Crippen molar-refractivity contribution in [3.63, 3.8) is 0 Å². The first-order valence-corrected chi connectivity index (χ1v) is 11.0. The molecule has 0 radical (unpaired) electrons. The predicted octanol–water partition coefficient (Wildman–Crippen LogP) is 5.01. The molecule has 3 aromatic carbocycles. The summed E-state index contributed by atoms with van der Waals surface area (Å²) in [6.45, 7) is 2.26. The van der Waals surface area contributed by atoms with Crippen molar-refractivity contribution in [2.24, 2.45) is 0 Å². The van der Waals surface area contributed by atoms with E-state index in [9.17, 15) is 23.5 Å². The van der Waals surface area contributed by atoms with Crippen LogP contribution in [0.1, 0.15) is 24.1 Å². The van der Waals surface area contributed by atoms with Crippen LogP contribution in [0.25, 0.3) is 5.76 Å². The number of aliphatic hydroxyl groups is 1. The van der Waals surface area contributed by atoms with Crippen molar-refractivity contribution in [1.29, 1.82) is 0 Å². The minimum Gasteiger partial charge on any atom is -0.507 e. The average Bonchev–Trinajstić information content (AvgIpc) is 3.15. The summed E-state index contributed by atoms with van der Waals surface area (Å²) in [5, 5.41) is 11.3. The van der Waals surface area contributed by atoms with Crippen LogP contribution in [-0.2, 0) is 9.59 Å². The average molecular weight is 495 g/mol. The van der Waals surface area contributed by atoms with Crippen molar-refractivity contribution in [3.8, 4) is 17.2 Å². The zero-order chi connectivity index (χ0) is 26.0. The minimum absolute atomic E-state index is 0.0405. The summed E-state index contributed by atoms with van der Waals surface area (Å²) in [7, 11) is 2.88. The number of nitrogens with zero attached hydrogens (tertiary/aromatic N) is 1. The summed E-state index contributed by atoms with van der Waals surface area (Å²) < 4.78 is 43.7. The number of rotatable bonds is 7. The Bertz CT molecular complexity index is 1350. The second kappa shape index (κ2) is 10.1. The molecule has 36 heavy (non-hydrogen) atoms. The molecule has 0 aromatic heterocycles. The number of anilines is 1. The normalized spacial score (nSPS) is 16.8. The molecule has 7 nitrogen and oxygen atoms in total. The molecule has 1 aliphatic heterocycles. The Morgan fingerprint density at radius 3 is 2.22 bits per heavy atom. The molecule has 1 atom stereocenters. The van der Waals surface area contributed by atoms with Crippen LogP contribution in [0.5, 0.6) is 17.2 Å². The van der Waals surface area contributed by atoms with Crippen LogP contribution in [0.2, 0.25) is 0 Å². The highest BCUT2D eigenvalue weighted by Crippen LogP contribution is 2.43. The van der Waals surface area contributed by atoms with Gasteiger partial charge in [-0.3, -0.25) is 14.5 Å². The van der Waals surface area contributed by atoms with Gasteiger partial charge in [0, 0.05) is 17.3 Å². The van der Waals surface area contributed by atoms with Crippen LogP contribution >= 0.6 is 0 Å². The van der Waals surface area contributed by atoms with Crippen molar-refractivity contribution in [2.45, 2.75) is 13.0 Å². The lowest BCUT2D eigenvalue weighted by molar-refractivity contribution is -0.132. The number of carbonyl (C=O) groups excluding carboxylic acids is 2. The monoisotopic (exact) mass is 495 g/mol. The van der Waals surface area contributed by atoms with E-state index >= 15 is 0 Å². The smallest absolute Gasteiger partial charge is 0.300 e. The quantitative estimate of drug-likeness (QED) is 0.282. The van der Waals surface area contributed by atoms with Gasteiger partial charge in [-0.1, -0.05) is 12.1 Å². The van der Waals surface area contributed by atoms with Gasteiger partial charge in [-0.15, -0.1) is 0 Å². The van der Waals surface area contributed by atoms with Gasteiger partial charge in [0.05, 0.1) is 32.4 Å². The molecule has 0 aliphatic carbocycles. The third-order valence-electron chi connectivity index (χ3n) is 5.79. The number of aliphatic hydroxyl groups excluding tert-OH is 1. The molecular weight excluding hydrogens is 472 g/mol. The zero-order valence-corrected chi connectivity index (χ0v) is 19.7. The van der Waals surface area contributed by atoms with Crippen LogP contribution < -0.4 is 19.1 Å². The molecule has 0 spiro atoms. The van der Waals surface area contributed by atoms with Crippen molar-refractivity contribution >= 4 is 23.1 Å². The lowest BCUT2D eigenvalue weighted by atomic mass is 9.95. The maximum Gasteiger partial charge on any atom is 0.300 e. The lowest BCUT2D eigenvalue weighted by Crippen LogP contribution is -2.29. The van der Waals surface area contributed by atoms with E-state index in [-0.39, 0.29) is 16.8 Å². The maximum atomic E-state index is 14.1. The lowest BCUT2D eigenvalue weighted by Gasteiger charge is -2.25. The Kier molecular flexibility index (Phi) is 6.91. The maximum absolute atomic E-state index is 14.1. The van der Waals surface area contributed by atoms with Crippen LogP contribution in [-0.4, -0.2) is 37.6 Å². The topological polar surface area (TPSA) is 85.3 Å². The number of amides is 1.